The third-order valence-corrected chi connectivity index (χ3v) is 5.95. The predicted octanol–water partition coefficient (Wildman–Crippen LogP) is 3.82. The molecule has 10 heteroatoms. The summed E-state index contributed by atoms with van der Waals surface area (Å²) in [5, 5.41) is 14.5. The second kappa shape index (κ2) is 11.0. The van der Waals surface area contributed by atoms with Crippen LogP contribution in [-0.4, -0.2) is 39.4 Å². The molecular formula is C23H26FN5O3S. The molecule has 0 aliphatic rings. The fourth-order valence-electron chi connectivity index (χ4n) is 3.10. The summed E-state index contributed by atoms with van der Waals surface area (Å²) in [4.78, 5) is 25.0. The second-order valence-electron chi connectivity index (χ2n) is 7.64. The summed E-state index contributed by atoms with van der Waals surface area (Å²) in [5.41, 5.74) is 0.630. The molecule has 1 aromatic heterocycles. The number of carbonyl (C=O) groups excluding carboxylic acids is 2. The number of carbonyl (C=O) groups is 2. The monoisotopic (exact) mass is 471 g/mol. The van der Waals surface area contributed by atoms with E-state index in [-0.39, 0.29) is 29.2 Å². The number of hydrogen-bond acceptors (Lipinski definition) is 6. The highest BCUT2D eigenvalue weighted by molar-refractivity contribution is 7.99. The van der Waals surface area contributed by atoms with Crippen molar-refractivity contribution < 1.29 is 18.7 Å². The van der Waals surface area contributed by atoms with Crippen molar-refractivity contribution in [1.82, 2.24) is 20.1 Å². The third kappa shape index (κ3) is 6.10. The lowest BCUT2D eigenvalue weighted by Crippen LogP contribution is -2.33. The van der Waals surface area contributed by atoms with Crippen LogP contribution in [-0.2, 0) is 11.8 Å². The summed E-state index contributed by atoms with van der Waals surface area (Å²) < 4.78 is 20.6. The van der Waals surface area contributed by atoms with Gasteiger partial charge in [-0.05, 0) is 42.3 Å². The number of anilines is 1. The molecule has 0 bridgehead atoms. The molecule has 3 aromatic rings. The smallest absolute Gasteiger partial charge is 0.251 e. The quantitative estimate of drug-likeness (QED) is 0.461. The molecule has 2 amide bonds. The van der Waals surface area contributed by atoms with Crippen LogP contribution in [0.25, 0.3) is 0 Å². The molecule has 0 radical (unpaired) electrons. The highest BCUT2D eigenvalue weighted by Crippen LogP contribution is 2.25. The lowest BCUT2D eigenvalue weighted by atomic mass is 10.0. The molecule has 174 valence electrons. The summed E-state index contributed by atoms with van der Waals surface area (Å²) in [7, 11) is 3.35. The molecule has 0 fully saturated rings. The number of methoxy groups -OCH3 is 1. The molecule has 0 saturated heterocycles. The number of hydrogen-bond donors (Lipinski definition) is 2. The van der Waals surface area contributed by atoms with Crippen molar-refractivity contribution in [3.63, 3.8) is 0 Å². The molecule has 3 rings (SSSR count). The Labute approximate surface area is 195 Å². The van der Waals surface area contributed by atoms with E-state index in [1.165, 1.54) is 23.9 Å². The molecule has 0 aliphatic carbocycles. The second-order valence-corrected chi connectivity index (χ2v) is 8.58. The molecule has 2 aromatic carbocycles. The van der Waals surface area contributed by atoms with E-state index in [0.29, 0.717) is 22.3 Å². The van der Waals surface area contributed by atoms with E-state index in [9.17, 15) is 14.0 Å². The first-order chi connectivity index (χ1) is 15.8. The third-order valence-electron chi connectivity index (χ3n) is 4.93. The normalized spacial score (nSPS) is 11.8. The zero-order chi connectivity index (χ0) is 24.0. The number of rotatable bonds is 9. The van der Waals surface area contributed by atoms with Gasteiger partial charge >= 0.3 is 0 Å². The first kappa shape index (κ1) is 24.2. The van der Waals surface area contributed by atoms with E-state index in [4.69, 9.17) is 4.74 Å². The molecule has 8 nitrogen and oxygen atoms in total. The van der Waals surface area contributed by atoms with Gasteiger partial charge in [-0.1, -0.05) is 37.7 Å². The molecular weight excluding hydrogens is 445 g/mol. The van der Waals surface area contributed by atoms with Gasteiger partial charge in [0.15, 0.2) is 11.0 Å². The highest BCUT2D eigenvalue weighted by Gasteiger charge is 2.25. The van der Waals surface area contributed by atoms with Crippen molar-refractivity contribution in [3.8, 4) is 5.75 Å². The Balaban J connectivity index is 1.66. The molecule has 2 N–H and O–H groups in total. The van der Waals surface area contributed by atoms with Gasteiger partial charge in [-0.25, -0.2) is 4.39 Å². The fourth-order valence-corrected chi connectivity index (χ4v) is 3.82. The topological polar surface area (TPSA) is 98.1 Å². The minimum Gasteiger partial charge on any atom is -0.497 e. The van der Waals surface area contributed by atoms with E-state index in [1.807, 2.05) is 13.8 Å². The molecule has 1 unspecified atom stereocenters. The summed E-state index contributed by atoms with van der Waals surface area (Å²) >= 11 is 1.18. The molecule has 0 aliphatic heterocycles. The van der Waals surface area contributed by atoms with Crippen LogP contribution in [0.15, 0.2) is 53.7 Å². The Bertz CT molecular complexity index is 1120. The van der Waals surface area contributed by atoms with Gasteiger partial charge < -0.3 is 19.9 Å². The van der Waals surface area contributed by atoms with E-state index in [1.54, 1.807) is 55.1 Å². The van der Waals surface area contributed by atoms with Gasteiger partial charge in [-0.2, -0.15) is 0 Å². The molecule has 0 saturated carbocycles. The first-order valence-corrected chi connectivity index (χ1v) is 11.3. The van der Waals surface area contributed by atoms with Crippen LogP contribution in [0.4, 0.5) is 10.1 Å². The average molecular weight is 472 g/mol. The van der Waals surface area contributed by atoms with Gasteiger partial charge in [0.25, 0.3) is 5.91 Å². The van der Waals surface area contributed by atoms with E-state index in [0.717, 1.165) is 0 Å². The molecule has 0 spiro atoms. The van der Waals surface area contributed by atoms with Crippen LogP contribution in [0.1, 0.15) is 36.1 Å². The van der Waals surface area contributed by atoms with Crippen LogP contribution in [0.2, 0.25) is 0 Å². The summed E-state index contributed by atoms with van der Waals surface area (Å²) in [6.45, 7) is 3.95. The van der Waals surface area contributed by atoms with Crippen molar-refractivity contribution in [2.75, 3.05) is 18.2 Å². The number of para-hydroxylation sites is 1. The lowest BCUT2D eigenvalue weighted by Gasteiger charge is -2.21. The summed E-state index contributed by atoms with van der Waals surface area (Å²) in [6.07, 6.45) is 0. The molecule has 33 heavy (non-hydrogen) atoms. The highest BCUT2D eigenvalue weighted by atomic mass is 32.2. The average Bonchev–Trinajstić information content (AvgIpc) is 3.17. The lowest BCUT2D eigenvalue weighted by molar-refractivity contribution is -0.113. The number of ether oxygens (including phenoxy) is 1. The van der Waals surface area contributed by atoms with Gasteiger partial charge in [-0.3, -0.25) is 9.59 Å². The van der Waals surface area contributed by atoms with Crippen molar-refractivity contribution >= 4 is 29.3 Å². The van der Waals surface area contributed by atoms with Gasteiger partial charge in [0, 0.05) is 12.6 Å². The van der Waals surface area contributed by atoms with Crippen molar-refractivity contribution in [3.05, 3.63) is 65.7 Å². The zero-order valence-corrected chi connectivity index (χ0v) is 19.6. The van der Waals surface area contributed by atoms with Crippen LogP contribution in [0.3, 0.4) is 0 Å². The number of benzene rings is 2. The number of halogens is 1. The SMILES string of the molecule is COc1ccc(C(=O)NC(c2nnc(SCC(=O)Nc3ccccc3F)n2C)C(C)C)cc1. The van der Waals surface area contributed by atoms with Gasteiger partial charge in [0.2, 0.25) is 5.91 Å². The Morgan fingerprint density at radius 2 is 1.82 bits per heavy atom. The summed E-state index contributed by atoms with van der Waals surface area (Å²) in [6, 6.07) is 12.4. The number of aromatic nitrogens is 3. The zero-order valence-electron chi connectivity index (χ0n) is 18.8. The number of thioether (sulfide) groups is 1. The van der Waals surface area contributed by atoms with E-state index < -0.39 is 11.9 Å². The standard InChI is InChI=1S/C23H26FN5O3S/c1-14(2)20(26-22(31)15-9-11-16(32-4)12-10-15)21-27-28-23(29(21)3)33-13-19(30)25-18-8-6-5-7-17(18)24/h5-12,14,20H,13H2,1-4H3,(H,25,30)(H,26,31). The van der Waals surface area contributed by atoms with E-state index >= 15 is 0 Å². The van der Waals surface area contributed by atoms with Crippen molar-refractivity contribution in [1.29, 1.82) is 0 Å². The van der Waals surface area contributed by atoms with Crippen molar-refractivity contribution in [2.45, 2.75) is 25.0 Å². The minimum atomic E-state index is -0.496. The maximum absolute atomic E-state index is 13.7. The maximum atomic E-state index is 13.7. The number of nitrogens with zero attached hydrogens (tertiary/aromatic N) is 3. The van der Waals surface area contributed by atoms with Gasteiger partial charge in [-0.15, -0.1) is 10.2 Å². The van der Waals surface area contributed by atoms with Crippen LogP contribution in [0, 0.1) is 11.7 Å². The Morgan fingerprint density at radius 3 is 2.45 bits per heavy atom. The number of nitrogens with one attached hydrogen (secondary N) is 2. The van der Waals surface area contributed by atoms with Crippen LogP contribution >= 0.6 is 11.8 Å². The first-order valence-electron chi connectivity index (χ1n) is 10.3. The summed E-state index contributed by atoms with van der Waals surface area (Å²) in [5.74, 6) is 0.220. The molecule has 1 heterocycles. The minimum absolute atomic E-state index is 0.0326. The number of amides is 2. The van der Waals surface area contributed by atoms with Crippen LogP contribution < -0.4 is 15.4 Å². The molecule has 1 atom stereocenters. The van der Waals surface area contributed by atoms with Gasteiger partial charge in [0.1, 0.15) is 11.6 Å². The van der Waals surface area contributed by atoms with E-state index in [2.05, 4.69) is 20.8 Å². The maximum Gasteiger partial charge on any atom is 0.251 e. The van der Waals surface area contributed by atoms with Gasteiger partial charge in [0.05, 0.1) is 24.6 Å². The Morgan fingerprint density at radius 1 is 1.12 bits per heavy atom. The largest absolute Gasteiger partial charge is 0.497 e. The predicted molar refractivity (Wildman–Crippen MR) is 125 cm³/mol. The Kier molecular flexibility index (Phi) is 8.05. The Hall–Kier alpha value is -3.40. The van der Waals surface area contributed by atoms with Crippen molar-refractivity contribution in [2.24, 2.45) is 13.0 Å². The fraction of sp³-hybridized carbons (Fsp3) is 0.304. The van der Waals surface area contributed by atoms with Crippen LogP contribution in [0.5, 0.6) is 5.75 Å².